The van der Waals surface area contributed by atoms with Gasteiger partial charge in [0.15, 0.2) is 0 Å². The van der Waals surface area contributed by atoms with E-state index >= 15 is 0 Å². The van der Waals surface area contributed by atoms with E-state index in [1.807, 2.05) is 36.9 Å². The number of halogens is 1. The summed E-state index contributed by atoms with van der Waals surface area (Å²) in [4.78, 5) is 14.3. The van der Waals surface area contributed by atoms with E-state index in [1.165, 1.54) is 0 Å². The van der Waals surface area contributed by atoms with Gasteiger partial charge in [-0.05, 0) is 47.5 Å². The monoisotopic (exact) mass is 297 g/mol. The fourth-order valence-corrected chi connectivity index (χ4v) is 2.64. The summed E-state index contributed by atoms with van der Waals surface area (Å²) < 4.78 is 6.20. The lowest BCUT2D eigenvalue weighted by molar-refractivity contribution is 0.00354. The number of nitrogens with zero attached hydrogens (tertiary/aromatic N) is 1. The molecule has 0 aromatic heterocycles. The highest BCUT2D eigenvalue weighted by Crippen LogP contribution is 2.21. The lowest BCUT2D eigenvalue weighted by Gasteiger charge is -2.33. The molecular weight excluding hydrogens is 282 g/mol. The Morgan fingerprint density at radius 2 is 2.29 bits per heavy atom. The van der Waals surface area contributed by atoms with Gasteiger partial charge < -0.3 is 9.64 Å². The Morgan fingerprint density at radius 1 is 1.53 bits per heavy atom. The molecule has 1 aromatic carbocycles. The maximum absolute atomic E-state index is 12.4. The van der Waals surface area contributed by atoms with Crippen molar-refractivity contribution in [2.45, 2.75) is 19.9 Å². The van der Waals surface area contributed by atoms with Crippen LogP contribution < -0.4 is 0 Å². The minimum Gasteiger partial charge on any atom is -0.377 e. The molecule has 0 spiro atoms. The van der Waals surface area contributed by atoms with Crippen molar-refractivity contribution in [2.24, 2.45) is 0 Å². The smallest absolute Gasteiger partial charge is 0.255 e. The van der Waals surface area contributed by atoms with E-state index in [4.69, 9.17) is 4.74 Å². The summed E-state index contributed by atoms with van der Waals surface area (Å²) >= 11 is 3.46. The molecule has 1 aliphatic rings. The molecule has 0 bridgehead atoms. The van der Waals surface area contributed by atoms with Crippen molar-refractivity contribution in [2.75, 3.05) is 19.8 Å². The molecule has 1 saturated heterocycles. The van der Waals surface area contributed by atoms with Gasteiger partial charge in [0.25, 0.3) is 5.91 Å². The maximum Gasteiger partial charge on any atom is 0.255 e. The highest BCUT2D eigenvalue weighted by atomic mass is 79.9. The third-order valence-electron chi connectivity index (χ3n) is 2.98. The van der Waals surface area contributed by atoms with Crippen molar-refractivity contribution in [3.8, 4) is 0 Å². The summed E-state index contributed by atoms with van der Waals surface area (Å²) in [5.41, 5.74) is 1.87. The number of morpholine rings is 1. The van der Waals surface area contributed by atoms with Gasteiger partial charge in [0.2, 0.25) is 0 Å². The summed E-state index contributed by atoms with van der Waals surface area (Å²) in [7, 11) is 0. The molecule has 1 amide bonds. The molecule has 1 aromatic rings. The molecular formula is C13H16BrNO2. The van der Waals surface area contributed by atoms with Crippen LogP contribution in [0.2, 0.25) is 0 Å². The van der Waals surface area contributed by atoms with Crippen LogP contribution in [0.1, 0.15) is 22.8 Å². The second-order valence-corrected chi connectivity index (χ2v) is 5.26. The summed E-state index contributed by atoms with van der Waals surface area (Å²) in [6, 6.07) is 5.95. The fraction of sp³-hybridized carbons (Fsp3) is 0.462. The topological polar surface area (TPSA) is 29.5 Å². The molecule has 0 N–H and O–H groups in total. The summed E-state index contributed by atoms with van der Waals surface area (Å²) in [6.07, 6.45) is 0. The Kier molecular flexibility index (Phi) is 3.84. The van der Waals surface area contributed by atoms with E-state index < -0.39 is 0 Å². The largest absolute Gasteiger partial charge is 0.377 e. The number of hydrogen-bond donors (Lipinski definition) is 0. The number of carbonyl (C=O) groups is 1. The first-order chi connectivity index (χ1) is 8.09. The normalized spacial score (nSPS) is 20.4. The first-order valence-electron chi connectivity index (χ1n) is 5.74. The number of carbonyl (C=O) groups excluding carboxylic acids is 1. The van der Waals surface area contributed by atoms with Gasteiger partial charge in [-0.3, -0.25) is 4.79 Å². The van der Waals surface area contributed by atoms with Crippen LogP contribution in [0.3, 0.4) is 0 Å². The molecule has 17 heavy (non-hydrogen) atoms. The predicted octanol–water partition coefficient (Wildman–Crippen LogP) is 2.62. The van der Waals surface area contributed by atoms with Gasteiger partial charge in [0.05, 0.1) is 24.8 Å². The van der Waals surface area contributed by atoms with Crippen molar-refractivity contribution in [3.63, 3.8) is 0 Å². The van der Waals surface area contributed by atoms with Crippen LogP contribution in [-0.4, -0.2) is 36.6 Å². The van der Waals surface area contributed by atoms with Gasteiger partial charge in [-0.15, -0.1) is 0 Å². The Bertz CT molecular complexity index is 433. The van der Waals surface area contributed by atoms with Crippen LogP contribution in [0.4, 0.5) is 0 Å². The van der Waals surface area contributed by atoms with Crippen molar-refractivity contribution < 1.29 is 9.53 Å². The van der Waals surface area contributed by atoms with Gasteiger partial charge in [-0.1, -0.05) is 6.07 Å². The molecule has 3 nitrogen and oxygen atoms in total. The van der Waals surface area contributed by atoms with Gasteiger partial charge in [0.1, 0.15) is 0 Å². The molecule has 4 heteroatoms. The number of benzene rings is 1. The lowest BCUT2D eigenvalue weighted by Crippen LogP contribution is -2.47. The van der Waals surface area contributed by atoms with E-state index in [2.05, 4.69) is 15.9 Å². The fourth-order valence-electron chi connectivity index (χ4n) is 1.98. The van der Waals surface area contributed by atoms with Crippen molar-refractivity contribution in [1.29, 1.82) is 0 Å². The number of ether oxygens (including phenoxy) is 1. The van der Waals surface area contributed by atoms with E-state index in [1.54, 1.807) is 0 Å². The summed E-state index contributed by atoms with van der Waals surface area (Å²) in [5, 5.41) is 0. The second-order valence-electron chi connectivity index (χ2n) is 4.41. The SMILES string of the molecule is Cc1ccc(C(=O)N2CCOC[C@H]2C)c(Br)c1. The number of aryl methyl sites for hydroxylation is 1. The molecule has 0 unspecified atom stereocenters. The Morgan fingerprint density at radius 3 is 2.94 bits per heavy atom. The first-order valence-corrected chi connectivity index (χ1v) is 6.54. The highest BCUT2D eigenvalue weighted by Gasteiger charge is 2.25. The lowest BCUT2D eigenvalue weighted by atomic mass is 10.1. The third kappa shape index (κ3) is 2.69. The summed E-state index contributed by atoms with van der Waals surface area (Å²) in [5.74, 6) is 0.0766. The van der Waals surface area contributed by atoms with Crippen molar-refractivity contribution in [1.82, 2.24) is 4.90 Å². The molecule has 1 aliphatic heterocycles. The second kappa shape index (κ2) is 5.19. The van der Waals surface area contributed by atoms with Crippen LogP contribution in [0.5, 0.6) is 0 Å². The van der Waals surface area contributed by atoms with Crippen molar-refractivity contribution in [3.05, 3.63) is 33.8 Å². The zero-order valence-electron chi connectivity index (χ0n) is 10.1. The van der Waals surface area contributed by atoms with Gasteiger partial charge in [-0.2, -0.15) is 0 Å². The number of hydrogen-bond acceptors (Lipinski definition) is 2. The molecule has 2 rings (SSSR count). The average Bonchev–Trinajstić information content (AvgIpc) is 2.29. The molecule has 1 fully saturated rings. The molecule has 0 radical (unpaired) electrons. The quantitative estimate of drug-likeness (QED) is 0.797. The van der Waals surface area contributed by atoms with E-state index in [0.29, 0.717) is 19.8 Å². The van der Waals surface area contributed by atoms with Gasteiger partial charge >= 0.3 is 0 Å². The molecule has 1 heterocycles. The molecule has 0 aliphatic carbocycles. The van der Waals surface area contributed by atoms with E-state index in [0.717, 1.165) is 15.6 Å². The average molecular weight is 298 g/mol. The minimum absolute atomic E-state index is 0.0766. The Labute approximate surface area is 110 Å². The van der Waals surface area contributed by atoms with Crippen LogP contribution in [0, 0.1) is 6.92 Å². The zero-order valence-corrected chi connectivity index (χ0v) is 11.7. The summed E-state index contributed by atoms with van der Waals surface area (Å²) in [6.45, 7) is 5.94. The molecule has 92 valence electrons. The maximum atomic E-state index is 12.4. The third-order valence-corrected chi connectivity index (χ3v) is 3.64. The van der Waals surface area contributed by atoms with Gasteiger partial charge in [-0.25, -0.2) is 0 Å². The number of amides is 1. The Balaban J connectivity index is 2.24. The minimum atomic E-state index is 0.0766. The van der Waals surface area contributed by atoms with E-state index in [9.17, 15) is 4.79 Å². The standard InChI is InChI=1S/C13H16BrNO2/c1-9-3-4-11(12(14)7-9)13(16)15-5-6-17-8-10(15)2/h3-4,7,10H,5-6,8H2,1-2H3/t10-/m1/s1. The predicted molar refractivity (Wildman–Crippen MR) is 70.2 cm³/mol. The molecule has 0 saturated carbocycles. The zero-order chi connectivity index (χ0) is 12.4. The van der Waals surface area contributed by atoms with Crippen LogP contribution in [0.15, 0.2) is 22.7 Å². The van der Waals surface area contributed by atoms with Crippen LogP contribution >= 0.6 is 15.9 Å². The molecule has 1 atom stereocenters. The van der Waals surface area contributed by atoms with Gasteiger partial charge in [0, 0.05) is 11.0 Å². The highest BCUT2D eigenvalue weighted by molar-refractivity contribution is 9.10. The van der Waals surface area contributed by atoms with Crippen LogP contribution in [-0.2, 0) is 4.74 Å². The Hall–Kier alpha value is -0.870. The number of rotatable bonds is 1. The van der Waals surface area contributed by atoms with Crippen molar-refractivity contribution >= 4 is 21.8 Å². The van der Waals surface area contributed by atoms with E-state index in [-0.39, 0.29) is 11.9 Å². The van der Waals surface area contributed by atoms with Crippen LogP contribution in [0.25, 0.3) is 0 Å². The first kappa shape index (κ1) is 12.6.